The second-order valence-electron chi connectivity index (χ2n) is 5.48. The third-order valence-corrected chi connectivity index (χ3v) is 4.98. The van der Waals surface area contributed by atoms with Crippen LogP contribution < -0.4 is 5.32 Å². The molecule has 0 radical (unpaired) electrons. The normalized spacial score (nSPS) is 11.7. The molecule has 3 rings (SSSR count). The fourth-order valence-corrected chi connectivity index (χ4v) is 3.29. The van der Waals surface area contributed by atoms with E-state index < -0.39 is 0 Å². The summed E-state index contributed by atoms with van der Waals surface area (Å²) in [5.41, 5.74) is 2.70. The van der Waals surface area contributed by atoms with Crippen molar-refractivity contribution in [2.45, 2.75) is 23.6 Å². The minimum absolute atomic E-state index is 0.0152. The van der Waals surface area contributed by atoms with Crippen LogP contribution in [0.2, 0.25) is 0 Å². The van der Waals surface area contributed by atoms with Crippen molar-refractivity contribution in [2.24, 2.45) is 0 Å². The van der Waals surface area contributed by atoms with Gasteiger partial charge in [-0.2, -0.15) is 0 Å². The minimum atomic E-state index is -0.210. The first-order chi connectivity index (χ1) is 12.3. The van der Waals surface area contributed by atoms with Crippen molar-refractivity contribution in [3.05, 3.63) is 73.1 Å². The highest BCUT2D eigenvalue weighted by Crippen LogP contribution is 2.27. The van der Waals surface area contributed by atoms with E-state index in [0.29, 0.717) is 6.42 Å². The van der Waals surface area contributed by atoms with E-state index in [1.165, 1.54) is 11.8 Å². The van der Waals surface area contributed by atoms with Crippen LogP contribution in [-0.2, 0) is 4.79 Å². The Morgan fingerprint density at radius 2 is 1.72 bits per heavy atom. The van der Waals surface area contributed by atoms with E-state index in [-0.39, 0.29) is 11.2 Å². The maximum absolute atomic E-state index is 12.5. The van der Waals surface area contributed by atoms with Gasteiger partial charge in [-0.1, -0.05) is 67.2 Å². The summed E-state index contributed by atoms with van der Waals surface area (Å²) in [5, 5.41) is 3.54. The molecule has 3 aromatic rings. The van der Waals surface area contributed by atoms with Crippen LogP contribution in [-0.4, -0.2) is 21.1 Å². The second kappa shape index (κ2) is 8.44. The summed E-state index contributed by atoms with van der Waals surface area (Å²) in [7, 11) is 0. The summed E-state index contributed by atoms with van der Waals surface area (Å²) < 4.78 is 0. The number of amides is 1. The SMILES string of the molecule is CC[C@@H](Sc1cc(-c2ccccc2)ncn1)C(=O)Nc1ccccc1. The number of aromatic nitrogens is 2. The first-order valence-electron chi connectivity index (χ1n) is 8.16. The monoisotopic (exact) mass is 349 g/mol. The quantitative estimate of drug-likeness (QED) is 0.520. The highest BCUT2D eigenvalue weighted by atomic mass is 32.2. The molecule has 1 N–H and O–H groups in total. The van der Waals surface area contributed by atoms with E-state index in [4.69, 9.17) is 0 Å². The highest BCUT2D eigenvalue weighted by Gasteiger charge is 2.19. The minimum Gasteiger partial charge on any atom is -0.325 e. The van der Waals surface area contributed by atoms with Crippen molar-refractivity contribution < 1.29 is 4.79 Å². The molecule has 0 aliphatic carbocycles. The van der Waals surface area contributed by atoms with Gasteiger partial charge < -0.3 is 5.32 Å². The number of thioether (sulfide) groups is 1. The number of carbonyl (C=O) groups excluding carboxylic acids is 1. The predicted molar refractivity (Wildman–Crippen MR) is 102 cm³/mol. The number of anilines is 1. The molecule has 0 bridgehead atoms. The molecular formula is C20H19N3OS. The molecule has 0 saturated heterocycles. The average Bonchev–Trinajstić information content (AvgIpc) is 2.68. The summed E-state index contributed by atoms with van der Waals surface area (Å²) in [6.07, 6.45) is 2.26. The van der Waals surface area contributed by atoms with Crippen LogP contribution in [0.5, 0.6) is 0 Å². The first-order valence-corrected chi connectivity index (χ1v) is 9.04. The Kier molecular flexibility index (Phi) is 5.80. The van der Waals surface area contributed by atoms with Crippen LogP contribution in [0.1, 0.15) is 13.3 Å². The van der Waals surface area contributed by atoms with Gasteiger partial charge in [0.1, 0.15) is 11.4 Å². The maximum atomic E-state index is 12.5. The summed E-state index contributed by atoms with van der Waals surface area (Å²) in [6.45, 7) is 2.00. The van der Waals surface area contributed by atoms with Gasteiger partial charge >= 0.3 is 0 Å². The number of carbonyl (C=O) groups is 1. The van der Waals surface area contributed by atoms with Gasteiger partial charge in [0.05, 0.1) is 10.9 Å². The Morgan fingerprint density at radius 3 is 2.40 bits per heavy atom. The molecule has 0 unspecified atom stereocenters. The molecule has 1 aromatic heterocycles. The van der Waals surface area contributed by atoms with E-state index in [1.807, 2.05) is 73.7 Å². The van der Waals surface area contributed by atoms with E-state index in [0.717, 1.165) is 22.0 Å². The number of benzene rings is 2. The zero-order valence-electron chi connectivity index (χ0n) is 13.9. The number of rotatable bonds is 6. The lowest BCUT2D eigenvalue weighted by atomic mass is 10.1. The van der Waals surface area contributed by atoms with Gasteiger partial charge in [-0.05, 0) is 24.6 Å². The van der Waals surface area contributed by atoms with Crippen molar-refractivity contribution in [1.82, 2.24) is 9.97 Å². The van der Waals surface area contributed by atoms with E-state index in [1.54, 1.807) is 6.33 Å². The van der Waals surface area contributed by atoms with E-state index >= 15 is 0 Å². The predicted octanol–water partition coefficient (Wildman–Crippen LogP) is 4.65. The lowest BCUT2D eigenvalue weighted by Gasteiger charge is -2.14. The van der Waals surface area contributed by atoms with Gasteiger partial charge in [0, 0.05) is 11.3 Å². The zero-order valence-corrected chi connectivity index (χ0v) is 14.7. The molecule has 0 saturated carbocycles. The summed E-state index contributed by atoms with van der Waals surface area (Å²) in [4.78, 5) is 21.2. The molecule has 2 aromatic carbocycles. The summed E-state index contributed by atoms with van der Waals surface area (Å²) in [6, 6.07) is 21.4. The average molecular weight is 349 g/mol. The Bertz CT molecular complexity index is 825. The molecule has 126 valence electrons. The molecule has 1 atom stereocenters. The fraction of sp³-hybridized carbons (Fsp3) is 0.150. The first kappa shape index (κ1) is 17.2. The topological polar surface area (TPSA) is 54.9 Å². The van der Waals surface area contributed by atoms with Crippen LogP contribution in [0.3, 0.4) is 0 Å². The molecule has 1 heterocycles. The van der Waals surface area contributed by atoms with Crippen molar-refractivity contribution in [1.29, 1.82) is 0 Å². The number of nitrogens with one attached hydrogen (secondary N) is 1. The van der Waals surface area contributed by atoms with E-state index in [9.17, 15) is 4.79 Å². The van der Waals surface area contributed by atoms with Gasteiger partial charge in [-0.25, -0.2) is 9.97 Å². The van der Waals surface area contributed by atoms with Crippen LogP contribution in [0.4, 0.5) is 5.69 Å². The molecule has 4 nitrogen and oxygen atoms in total. The Labute approximate surface area is 151 Å². The lowest BCUT2D eigenvalue weighted by Crippen LogP contribution is -2.24. The number of hydrogen-bond donors (Lipinski definition) is 1. The fourth-order valence-electron chi connectivity index (χ4n) is 2.38. The Hall–Kier alpha value is -2.66. The van der Waals surface area contributed by atoms with Gasteiger partial charge in [-0.15, -0.1) is 0 Å². The summed E-state index contributed by atoms with van der Waals surface area (Å²) >= 11 is 1.46. The van der Waals surface area contributed by atoms with Crippen molar-refractivity contribution >= 4 is 23.4 Å². The molecule has 0 fully saturated rings. The third kappa shape index (κ3) is 4.67. The lowest BCUT2D eigenvalue weighted by molar-refractivity contribution is -0.115. The van der Waals surface area contributed by atoms with Crippen molar-refractivity contribution in [2.75, 3.05) is 5.32 Å². The molecule has 0 aliphatic rings. The van der Waals surface area contributed by atoms with Crippen LogP contribution in [0, 0.1) is 0 Å². The maximum Gasteiger partial charge on any atom is 0.237 e. The number of para-hydroxylation sites is 1. The number of hydrogen-bond acceptors (Lipinski definition) is 4. The second-order valence-corrected chi connectivity index (χ2v) is 6.70. The number of nitrogens with zero attached hydrogens (tertiary/aromatic N) is 2. The summed E-state index contributed by atoms with van der Waals surface area (Å²) in [5.74, 6) is -0.0152. The largest absolute Gasteiger partial charge is 0.325 e. The van der Waals surface area contributed by atoms with E-state index in [2.05, 4.69) is 15.3 Å². The van der Waals surface area contributed by atoms with Gasteiger partial charge in [-0.3, -0.25) is 4.79 Å². The standard InChI is InChI=1S/C20H19N3OS/c1-2-18(20(24)23-16-11-7-4-8-12-16)25-19-13-17(21-14-22-19)15-9-5-3-6-10-15/h3-14,18H,2H2,1H3,(H,23,24)/t18-/m1/s1. The molecule has 5 heteroatoms. The van der Waals surface area contributed by atoms with Crippen LogP contribution >= 0.6 is 11.8 Å². The molecule has 1 amide bonds. The van der Waals surface area contributed by atoms with Gasteiger partial charge in [0.25, 0.3) is 0 Å². The smallest absolute Gasteiger partial charge is 0.237 e. The van der Waals surface area contributed by atoms with Crippen LogP contribution in [0.25, 0.3) is 11.3 Å². The van der Waals surface area contributed by atoms with Gasteiger partial charge in [0.15, 0.2) is 0 Å². The Morgan fingerprint density at radius 1 is 1.04 bits per heavy atom. The van der Waals surface area contributed by atoms with Gasteiger partial charge in [0.2, 0.25) is 5.91 Å². The van der Waals surface area contributed by atoms with Crippen molar-refractivity contribution in [3.8, 4) is 11.3 Å². The van der Waals surface area contributed by atoms with Crippen LogP contribution in [0.15, 0.2) is 78.1 Å². The third-order valence-electron chi connectivity index (χ3n) is 3.68. The van der Waals surface area contributed by atoms with Crippen molar-refractivity contribution in [3.63, 3.8) is 0 Å². The molecule has 0 aliphatic heterocycles. The Balaban J connectivity index is 1.72. The zero-order chi connectivity index (χ0) is 17.5. The molecule has 0 spiro atoms. The molecular weight excluding hydrogens is 330 g/mol. The highest BCUT2D eigenvalue weighted by molar-refractivity contribution is 8.00. The molecule has 25 heavy (non-hydrogen) atoms.